The Bertz CT molecular complexity index is 487. The standard InChI is InChI=1S/C14H18N2O4/c1-9(17)12(16-11(8-20-2)14(15)19)13(18)10-6-4-3-5-7-10/h3-7,11-12,16H,8H2,1-2H3,(H2,15,19). The summed E-state index contributed by atoms with van der Waals surface area (Å²) < 4.78 is 4.85. The van der Waals surface area contributed by atoms with Crippen LogP contribution in [0.5, 0.6) is 0 Å². The number of carbonyl (C=O) groups is 3. The number of nitrogens with one attached hydrogen (secondary N) is 1. The van der Waals surface area contributed by atoms with Gasteiger partial charge in [-0.2, -0.15) is 0 Å². The SMILES string of the molecule is COCC(NC(C(C)=O)C(=O)c1ccccc1)C(N)=O. The van der Waals surface area contributed by atoms with Crippen molar-refractivity contribution < 1.29 is 19.1 Å². The van der Waals surface area contributed by atoms with Gasteiger partial charge in [-0.3, -0.25) is 19.7 Å². The van der Waals surface area contributed by atoms with Gasteiger partial charge in [-0.15, -0.1) is 0 Å². The number of hydrogen-bond donors (Lipinski definition) is 2. The first-order valence-corrected chi connectivity index (χ1v) is 6.11. The Labute approximate surface area is 117 Å². The van der Waals surface area contributed by atoms with Crippen LogP contribution in [0, 0.1) is 0 Å². The maximum absolute atomic E-state index is 12.3. The lowest BCUT2D eigenvalue weighted by molar-refractivity contribution is -0.122. The summed E-state index contributed by atoms with van der Waals surface area (Å²) in [5.41, 5.74) is 5.60. The molecule has 0 saturated heterocycles. The Morgan fingerprint density at radius 2 is 1.85 bits per heavy atom. The van der Waals surface area contributed by atoms with Gasteiger partial charge in [-0.05, 0) is 6.92 Å². The van der Waals surface area contributed by atoms with Crippen LogP contribution in [-0.2, 0) is 14.3 Å². The molecule has 0 aliphatic rings. The van der Waals surface area contributed by atoms with Crippen LogP contribution >= 0.6 is 0 Å². The Hall–Kier alpha value is -2.05. The van der Waals surface area contributed by atoms with E-state index in [9.17, 15) is 14.4 Å². The molecule has 108 valence electrons. The predicted molar refractivity (Wildman–Crippen MR) is 73.2 cm³/mol. The van der Waals surface area contributed by atoms with Crippen LogP contribution < -0.4 is 11.1 Å². The van der Waals surface area contributed by atoms with E-state index in [0.29, 0.717) is 5.56 Å². The van der Waals surface area contributed by atoms with Crippen molar-refractivity contribution in [3.05, 3.63) is 35.9 Å². The molecule has 0 bridgehead atoms. The smallest absolute Gasteiger partial charge is 0.236 e. The highest BCUT2D eigenvalue weighted by Crippen LogP contribution is 2.05. The summed E-state index contributed by atoms with van der Waals surface area (Å²) in [6.45, 7) is 1.27. The van der Waals surface area contributed by atoms with E-state index in [2.05, 4.69) is 5.32 Å². The topological polar surface area (TPSA) is 98.5 Å². The number of Topliss-reactive ketones (excluding diaryl/α,β-unsaturated/α-hetero) is 2. The van der Waals surface area contributed by atoms with E-state index >= 15 is 0 Å². The molecule has 1 aromatic rings. The summed E-state index contributed by atoms with van der Waals surface area (Å²) in [7, 11) is 1.40. The van der Waals surface area contributed by atoms with Crippen LogP contribution in [0.2, 0.25) is 0 Å². The van der Waals surface area contributed by atoms with Crippen molar-refractivity contribution >= 4 is 17.5 Å². The lowest BCUT2D eigenvalue weighted by atomic mass is 10.0. The molecule has 2 unspecified atom stereocenters. The van der Waals surface area contributed by atoms with E-state index in [0.717, 1.165) is 0 Å². The van der Waals surface area contributed by atoms with Crippen LogP contribution in [0.1, 0.15) is 17.3 Å². The summed E-state index contributed by atoms with van der Waals surface area (Å²) in [6.07, 6.45) is 0. The summed E-state index contributed by atoms with van der Waals surface area (Å²) in [4.78, 5) is 35.2. The maximum atomic E-state index is 12.3. The van der Waals surface area contributed by atoms with E-state index < -0.39 is 23.8 Å². The number of benzene rings is 1. The largest absolute Gasteiger partial charge is 0.383 e. The van der Waals surface area contributed by atoms with E-state index in [-0.39, 0.29) is 12.4 Å². The first-order valence-electron chi connectivity index (χ1n) is 6.11. The lowest BCUT2D eigenvalue weighted by Gasteiger charge is -2.20. The van der Waals surface area contributed by atoms with Crippen molar-refractivity contribution in [3.63, 3.8) is 0 Å². The van der Waals surface area contributed by atoms with E-state index in [4.69, 9.17) is 10.5 Å². The molecule has 0 aromatic heterocycles. The third kappa shape index (κ3) is 4.25. The maximum Gasteiger partial charge on any atom is 0.236 e. The van der Waals surface area contributed by atoms with Gasteiger partial charge >= 0.3 is 0 Å². The first-order chi connectivity index (χ1) is 9.47. The molecule has 20 heavy (non-hydrogen) atoms. The summed E-state index contributed by atoms with van der Waals surface area (Å²) in [5, 5.41) is 2.65. The van der Waals surface area contributed by atoms with Gasteiger partial charge in [0.2, 0.25) is 5.91 Å². The molecule has 6 heteroatoms. The molecule has 0 saturated carbocycles. The van der Waals surface area contributed by atoms with Crippen LogP contribution in [-0.4, -0.2) is 43.3 Å². The molecule has 0 fully saturated rings. The van der Waals surface area contributed by atoms with Gasteiger partial charge in [0.1, 0.15) is 12.1 Å². The third-order valence-electron chi connectivity index (χ3n) is 2.77. The van der Waals surface area contributed by atoms with Crippen molar-refractivity contribution in [2.45, 2.75) is 19.0 Å². The van der Waals surface area contributed by atoms with Crippen LogP contribution in [0.4, 0.5) is 0 Å². The van der Waals surface area contributed by atoms with Crippen molar-refractivity contribution in [3.8, 4) is 0 Å². The average molecular weight is 278 g/mol. The first kappa shape index (κ1) is 16.0. The summed E-state index contributed by atoms with van der Waals surface area (Å²) in [5.74, 6) is -1.47. The van der Waals surface area contributed by atoms with E-state index in [1.807, 2.05) is 0 Å². The van der Waals surface area contributed by atoms with Gasteiger partial charge in [0.25, 0.3) is 0 Å². The van der Waals surface area contributed by atoms with Gasteiger partial charge in [-0.25, -0.2) is 0 Å². The normalized spacial score (nSPS) is 13.5. The number of rotatable bonds is 8. The van der Waals surface area contributed by atoms with Gasteiger partial charge in [0.05, 0.1) is 6.61 Å². The van der Waals surface area contributed by atoms with E-state index in [1.54, 1.807) is 30.3 Å². The number of carbonyl (C=O) groups excluding carboxylic acids is 3. The number of nitrogens with two attached hydrogens (primary N) is 1. The molecule has 0 aliphatic carbocycles. The zero-order valence-corrected chi connectivity index (χ0v) is 11.5. The van der Waals surface area contributed by atoms with Crippen molar-refractivity contribution in [1.82, 2.24) is 5.32 Å². The van der Waals surface area contributed by atoms with Gasteiger partial charge in [-0.1, -0.05) is 30.3 Å². The second-order valence-electron chi connectivity index (χ2n) is 4.35. The van der Waals surface area contributed by atoms with Gasteiger partial charge in [0.15, 0.2) is 11.6 Å². The number of amides is 1. The number of hydrogen-bond acceptors (Lipinski definition) is 5. The zero-order chi connectivity index (χ0) is 15.1. The fourth-order valence-electron chi connectivity index (χ4n) is 1.73. The van der Waals surface area contributed by atoms with Crippen LogP contribution in [0.15, 0.2) is 30.3 Å². The number of primary amides is 1. The van der Waals surface area contributed by atoms with Crippen molar-refractivity contribution in [1.29, 1.82) is 0 Å². The molecule has 2 atom stereocenters. The highest BCUT2D eigenvalue weighted by Gasteiger charge is 2.29. The molecule has 6 nitrogen and oxygen atoms in total. The molecule has 1 aromatic carbocycles. The molecule has 0 heterocycles. The second-order valence-corrected chi connectivity index (χ2v) is 4.35. The molecule has 1 amide bonds. The van der Waals surface area contributed by atoms with Gasteiger partial charge in [0, 0.05) is 12.7 Å². The summed E-state index contributed by atoms with van der Waals surface area (Å²) >= 11 is 0. The fourth-order valence-corrected chi connectivity index (χ4v) is 1.73. The predicted octanol–water partition coefficient (Wildman–Crippen LogP) is -0.0832. The molecule has 3 N–H and O–H groups in total. The molecule has 0 radical (unpaired) electrons. The average Bonchev–Trinajstić information content (AvgIpc) is 2.43. The number of ketones is 2. The monoisotopic (exact) mass is 278 g/mol. The minimum Gasteiger partial charge on any atom is -0.383 e. The van der Waals surface area contributed by atoms with Crippen molar-refractivity contribution in [2.75, 3.05) is 13.7 Å². The van der Waals surface area contributed by atoms with Crippen LogP contribution in [0.25, 0.3) is 0 Å². The highest BCUT2D eigenvalue weighted by molar-refractivity contribution is 6.13. The Balaban J connectivity index is 2.92. The van der Waals surface area contributed by atoms with Gasteiger partial charge < -0.3 is 10.5 Å². The fraction of sp³-hybridized carbons (Fsp3) is 0.357. The third-order valence-corrected chi connectivity index (χ3v) is 2.77. The highest BCUT2D eigenvalue weighted by atomic mass is 16.5. The molecular formula is C14H18N2O4. The Morgan fingerprint density at radius 1 is 1.25 bits per heavy atom. The molecule has 1 rings (SSSR count). The zero-order valence-electron chi connectivity index (χ0n) is 11.5. The van der Waals surface area contributed by atoms with E-state index in [1.165, 1.54) is 14.0 Å². The number of methoxy groups -OCH3 is 1. The summed E-state index contributed by atoms with van der Waals surface area (Å²) in [6, 6.07) is 6.36. The van der Waals surface area contributed by atoms with Crippen molar-refractivity contribution in [2.24, 2.45) is 5.73 Å². The second kappa shape index (κ2) is 7.52. The molecular weight excluding hydrogens is 260 g/mol. The quantitative estimate of drug-likeness (QED) is 0.512. The molecule has 0 aliphatic heterocycles. The Kier molecular flexibility index (Phi) is 6.02. The molecule has 0 spiro atoms. The minimum atomic E-state index is -1.12. The Morgan fingerprint density at radius 3 is 2.30 bits per heavy atom. The number of ether oxygens (including phenoxy) is 1. The lowest BCUT2D eigenvalue weighted by Crippen LogP contribution is -2.54. The minimum absolute atomic E-state index is 0.0127. The van der Waals surface area contributed by atoms with Crippen LogP contribution in [0.3, 0.4) is 0 Å².